The van der Waals surface area contributed by atoms with Gasteiger partial charge in [0.15, 0.2) is 0 Å². The van der Waals surface area contributed by atoms with Gasteiger partial charge < -0.3 is 9.88 Å². The van der Waals surface area contributed by atoms with E-state index >= 15 is 0 Å². The Hall–Kier alpha value is -2.62. The van der Waals surface area contributed by atoms with Gasteiger partial charge >= 0.3 is 0 Å². The number of carbonyl (C=O) groups excluding carboxylic acids is 1. The molecule has 1 N–H and O–H groups in total. The first-order valence-corrected chi connectivity index (χ1v) is 11.7. The fraction of sp³-hybridized carbons (Fsp3) is 0.462. The quantitative estimate of drug-likeness (QED) is 0.555. The van der Waals surface area contributed by atoms with E-state index in [1.165, 1.54) is 38.5 Å². The molecule has 0 bridgehead atoms. The van der Waals surface area contributed by atoms with E-state index in [9.17, 15) is 4.79 Å². The molecule has 2 aliphatic rings. The normalized spacial score (nSPS) is 18.5. The first kappa shape index (κ1) is 19.3. The second kappa shape index (κ2) is 8.63. The molecule has 4 heteroatoms. The van der Waals surface area contributed by atoms with Crippen LogP contribution < -0.4 is 0 Å². The number of benzene rings is 2. The number of nitrogens with one attached hydrogen (secondary N) is 1. The molecule has 2 fully saturated rings. The second-order valence-corrected chi connectivity index (χ2v) is 8.94. The molecule has 0 atom stereocenters. The van der Waals surface area contributed by atoms with E-state index in [1.54, 1.807) is 0 Å². The van der Waals surface area contributed by atoms with Gasteiger partial charge in [0.2, 0.25) is 0 Å². The SMILES string of the molecule is O=C(c1ccccc1-c1nc2ccccc2[nH]1)N(C1CCCCC1)C1CCCCC1. The summed E-state index contributed by atoms with van der Waals surface area (Å²) >= 11 is 0. The van der Waals surface area contributed by atoms with Crippen LogP contribution in [0.4, 0.5) is 0 Å². The lowest BCUT2D eigenvalue weighted by Gasteiger charge is -2.42. The fourth-order valence-electron chi connectivity index (χ4n) is 5.44. The van der Waals surface area contributed by atoms with Gasteiger partial charge in [-0.1, -0.05) is 68.9 Å². The lowest BCUT2D eigenvalue weighted by Crippen LogP contribution is -2.48. The molecule has 3 aromatic rings. The molecule has 0 radical (unpaired) electrons. The number of aromatic amines is 1. The number of H-pyrrole nitrogens is 1. The summed E-state index contributed by atoms with van der Waals surface area (Å²) in [5.74, 6) is 0.984. The van der Waals surface area contributed by atoms with Gasteiger partial charge in [-0.15, -0.1) is 0 Å². The highest BCUT2D eigenvalue weighted by Crippen LogP contribution is 2.33. The first-order valence-electron chi connectivity index (χ1n) is 11.7. The summed E-state index contributed by atoms with van der Waals surface area (Å²) in [6.07, 6.45) is 12.2. The molecule has 2 aromatic carbocycles. The van der Waals surface area contributed by atoms with Crippen molar-refractivity contribution in [2.75, 3.05) is 0 Å². The standard InChI is InChI=1S/C26H31N3O/c30-26(29(19-11-3-1-4-12-19)20-13-5-2-6-14-20)22-16-8-7-15-21(22)25-27-23-17-9-10-18-24(23)28-25/h7-10,15-20H,1-6,11-14H2,(H,27,28). The Labute approximate surface area is 178 Å². The number of carbonyl (C=O) groups is 1. The van der Waals surface area contributed by atoms with Gasteiger partial charge in [-0.05, 0) is 43.9 Å². The van der Waals surface area contributed by atoms with Crippen LogP contribution in [0.3, 0.4) is 0 Å². The van der Waals surface area contributed by atoms with Gasteiger partial charge in [-0.3, -0.25) is 4.79 Å². The van der Waals surface area contributed by atoms with E-state index in [4.69, 9.17) is 4.98 Å². The highest BCUT2D eigenvalue weighted by molar-refractivity contribution is 6.01. The Morgan fingerprint density at radius 3 is 2.07 bits per heavy atom. The molecule has 1 amide bonds. The minimum Gasteiger partial charge on any atom is -0.338 e. The predicted molar refractivity (Wildman–Crippen MR) is 121 cm³/mol. The lowest BCUT2D eigenvalue weighted by atomic mass is 9.87. The molecule has 1 aromatic heterocycles. The van der Waals surface area contributed by atoms with Crippen molar-refractivity contribution in [2.24, 2.45) is 0 Å². The molecular weight excluding hydrogens is 370 g/mol. The zero-order valence-corrected chi connectivity index (χ0v) is 17.6. The van der Waals surface area contributed by atoms with Crippen molar-refractivity contribution >= 4 is 16.9 Å². The van der Waals surface area contributed by atoms with Crippen LogP contribution in [0.15, 0.2) is 48.5 Å². The van der Waals surface area contributed by atoms with E-state index in [1.807, 2.05) is 48.5 Å². The van der Waals surface area contributed by atoms with E-state index in [-0.39, 0.29) is 5.91 Å². The minimum atomic E-state index is 0.199. The molecule has 30 heavy (non-hydrogen) atoms. The van der Waals surface area contributed by atoms with Crippen LogP contribution >= 0.6 is 0 Å². The number of rotatable bonds is 4. The predicted octanol–water partition coefficient (Wildman–Crippen LogP) is 6.34. The minimum absolute atomic E-state index is 0.199. The van der Waals surface area contributed by atoms with Crippen molar-refractivity contribution < 1.29 is 4.79 Å². The van der Waals surface area contributed by atoms with Crippen molar-refractivity contribution in [1.29, 1.82) is 0 Å². The summed E-state index contributed by atoms with van der Waals surface area (Å²) in [7, 11) is 0. The van der Waals surface area contributed by atoms with E-state index < -0.39 is 0 Å². The van der Waals surface area contributed by atoms with Crippen LogP contribution in [0.25, 0.3) is 22.4 Å². The molecule has 4 nitrogen and oxygen atoms in total. The van der Waals surface area contributed by atoms with Gasteiger partial charge in [0.25, 0.3) is 5.91 Å². The largest absolute Gasteiger partial charge is 0.338 e. The van der Waals surface area contributed by atoms with Crippen LogP contribution in [-0.4, -0.2) is 32.9 Å². The molecule has 0 spiro atoms. The smallest absolute Gasteiger partial charge is 0.255 e. The molecule has 2 saturated carbocycles. The highest BCUT2D eigenvalue weighted by Gasteiger charge is 2.34. The number of amides is 1. The maximum Gasteiger partial charge on any atom is 0.255 e. The maximum absolute atomic E-state index is 14.0. The van der Waals surface area contributed by atoms with Crippen LogP contribution in [0, 0.1) is 0 Å². The van der Waals surface area contributed by atoms with E-state index in [0.29, 0.717) is 12.1 Å². The van der Waals surface area contributed by atoms with Gasteiger partial charge in [-0.25, -0.2) is 4.98 Å². The second-order valence-electron chi connectivity index (χ2n) is 8.94. The third-order valence-electron chi connectivity index (χ3n) is 6.97. The van der Waals surface area contributed by atoms with Gasteiger partial charge in [-0.2, -0.15) is 0 Å². The van der Waals surface area contributed by atoms with E-state index in [0.717, 1.165) is 53.7 Å². The fourth-order valence-corrected chi connectivity index (χ4v) is 5.44. The Morgan fingerprint density at radius 1 is 0.800 bits per heavy atom. The highest BCUT2D eigenvalue weighted by atomic mass is 16.2. The number of imidazole rings is 1. The van der Waals surface area contributed by atoms with Crippen molar-refractivity contribution in [3.63, 3.8) is 0 Å². The Kier molecular flexibility index (Phi) is 5.56. The van der Waals surface area contributed by atoms with Crippen molar-refractivity contribution in [1.82, 2.24) is 14.9 Å². The van der Waals surface area contributed by atoms with Crippen LogP contribution in [-0.2, 0) is 0 Å². The van der Waals surface area contributed by atoms with Crippen LogP contribution in [0.1, 0.15) is 74.6 Å². The lowest BCUT2D eigenvalue weighted by molar-refractivity contribution is 0.0449. The maximum atomic E-state index is 14.0. The van der Waals surface area contributed by atoms with Crippen molar-refractivity contribution in [2.45, 2.75) is 76.3 Å². The number of nitrogens with zero attached hydrogens (tertiary/aromatic N) is 2. The summed E-state index contributed by atoms with van der Waals surface area (Å²) in [4.78, 5) is 24.5. The van der Waals surface area contributed by atoms with Crippen LogP contribution in [0.5, 0.6) is 0 Å². The Balaban J connectivity index is 1.53. The monoisotopic (exact) mass is 401 g/mol. The number of hydrogen-bond acceptors (Lipinski definition) is 2. The first-order chi connectivity index (χ1) is 14.8. The topological polar surface area (TPSA) is 49.0 Å². The molecule has 0 aliphatic heterocycles. The van der Waals surface area contributed by atoms with Gasteiger partial charge in [0.1, 0.15) is 5.82 Å². The molecule has 0 unspecified atom stereocenters. The zero-order valence-electron chi connectivity index (χ0n) is 17.6. The average molecular weight is 402 g/mol. The summed E-state index contributed by atoms with van der Waals surface area (Å²) < 4.78 is 0. The molecule has 0 saturated heterocycles. The summed E-state index contributed by atoms with van der Waals surface area (Å²) in [5.41, 5.74) is 3.64. The summed E-state index contributed by atoms with van der Waals surface area (Å²) in [5, 5.41) is 0. The van der Waals surface area contributed by atoms with Crippen molar-refractivity contribution in [3.8, 4) is 11.4 Å². The number of para-hydroxylation sites is 2. The third kappa shape index (κ3) is 3.76. The Bertz CT molecular complexity index is 961. The third-order valence-corrected chi connectivity index (χ3v) is 6.97. The number of fused-ring (bicyclic) bond motifs is 1. The number of aromatic nitrogens is 2. The zero-order chi connectivity index (χ0) is 20.3. The molecule has 1 heterocycles. The summed E-state index contributed by atoms with van der Waals surface area (Å²) in [6.45, 7) is 0. The molecule has 156 valence electrons. The number of hydrogen-bond donors (Lipinski definition) is 1. The van der Waals surface area contributed by atoms with Crippen molar-refractivity contribution in [3.05, 3.63) is 54.1 Å². The summed E-state index contributed by atoms with van der Waals surface area (Å²) in [6, 6.07) is 16.8. The van der Waals surface area contributed by atoms with E-state index in [2.05, 4.69) is 9.88 Å². The molecule has 5 rings (SSSR count). The van der Waals surface area contributed by atoms with Gasteiger partial charge in [0, 0.05) is 17.6 Å². The van der Waals surface area contributed by atoms with Gasteiger partial charge in [0.05, 0.1) is 16.6 Å². The van der Waals surface area contributed by atoms with Crippen LogP contribution in [0.2, 0.25) is 0 Å². The Morgan fingerprint density at radius 2 is 1.40 bits per heavy atom. The molecule has 2 aliphatic carbocycles. The molecular formula is C26H31N3O. The average Bonchev–Trinajstić information content (AvgIpc) is 3.25.